The molecule has 2 saturated heterocycles. The van der Waals surface area contributed by atoms with Crippen molar-refractivity contribution < 1.29 is 9.53 Å². The van der Waals surface area contributed by atoms with Crippen LogP contribution in [0.4, 0.5) is 0 Å². The fourth-order valence-electron chi connectivity index (χ4n) is 4.22. The third-order valence-electron chi connectivity index (χ3n) is 5.75. The molecule has 0 atom stereocenters. The fourth-order valence-corrected chi connectivity index (χ4v) is 4.22. The van der Waals surface area contributed by atoms with Crippen molar-refractivity contribution >= 4 is 5.91 Å². The Labute approximate surface area is 145 Å². The first-order valence-corrected chi connectivity index (χ1v) is 9.21. The predicted octanol–water partition coefficient (Wildman–Crippen LogP) is 2.91. The first-order chi connectivity index (χ1) is 11.5. The number of benzene rings is 1. The minimum absolute atomic E-state index is 0.0413. The number of likely N-dealkylation sites (N-methyl/N-ethyl adjacent to an activating group) is 1. The Bertz CT molecular complexity index is 593. The number of hydrogen-bond donors (Lipinski definition) is 0. The van der Waals surface area contributed by atoms with Gasteiger partial charge in [0.15, 0.2) is 0 Å². The molecule has 132 valence electrons. The molecule has 1 amide bonds. The van der Waals surface area contributed by atoms with E-state index in [4.69, 9.17) is 4.74 Å². The zero-order valence-electron chi connectivity index (χ0n) is 15.3. The van der Waals surface area contributed by atoms with Crippen LogP contribution in [-0.2, 0) is 16.1 Å². The zero-order chi connectivity index (χ0) is 17.2. The fraction of sp³-hybridized carbons (Fsp3) is 0.650. The maximum atomic E-state index is 12.7. The molecule has 2 aliphatic rings. The maximum Gasteiger partial charge on any atom is 0.224 e. The van der Waals surface area contributed by atoms with E-state index >= 15 is 0 Å². The summed E-state index contributed by atoms with van der Waals surface area (Å²) in [7, 11) is 0. The van der Waals surface area contributed by atoms with Crippen LogP contribution in [0.2, 0.25) is 0 Å². The minimum atomic E-state index is -0.0413. The van der Waals surface area contributed by atoms with Crippen LogP contribution in [0.1, 0.15) is 42.9 Å². The van der Waals surface area contributed by atoms with Gasteiger partial charge in [-0.2, -0.15) is 0 Å². The molecule has 4 nitrogen and oxygen atoms in total. The van der Waals surface area contributed by atoms with E-state index in [1.165, 1.54) is 16.7 Å². The van der Waals surface area contributed by atoms with Crippen molar-refractivity contribution in [2.75, 3.05) is 32.8 Å². The Morgan fingerprint density at radius 1 is 1.17 bits per heavy atom. The highest BCUT2D eigenvalue weighted by Crippen LogP contribution is 2.32. The van der Waals surface area contributed by atoms with Crippen molar-refractivity contribution in [3.63, 3.8) is 0 Å². The lowest BCUT2D eigenvalue weighted by atomic mass is 9.87. The average Bonchev–Trinajstić information content (AvgIpc) is 2.68. The van der Waals surface area contributed by atoms with Crippen LogP contribution in [0.15, 0.2) is 18.2 Å². The van der Waals surface area contributed by atoms with Crippen molar-refractivity contribution in [3.05, 3.63) is 34.9 Å². The molecule has 0 bridgehead atoms. The first-order valence-electron chi connectivity index (χ1n) is 9.21. The summed E-state index contributed by atoms with van der Waals surface area (Å²) in [6.45, 7) is 11.5. The summed E-state index contributed by atoms with van der Waals surface area (Å²) in [4.78, 5) is 17.3. The molecule has 1 spiro atoms. The van der Waals surface area contributed by atoms with Gasteiger partial charge in [0.1, 0.15) is 0 Å². The standard InChI is InChI=1S/C20H30N2O2/c1-4-22-19(23)7-10-21(15-20(22)8-11-24-12-9-20)14-18-6-5-16(2)17(3)13-18/h5-6,13H,4,7-12,14-15H2,1-3H3. The summed E-state index contributed by atoms with van der Waals surface area (Å²) < 4.78 is 5.59. The molecule has 3 rings (SSSR count). The van der Waals surface area contributed by atoms with Gasteiger partial charge >= 0.3 is 0 Å². The number of carbonyl (C=O) groups excluding carboxylic acids is 1. The molecule has 24 heavy (non-hydrogen) atoms. The number of amides is 1. The monoisotopic (exact) mass is 330 g/mol. The van der Waals surface area contributed by atoms with Crippen molar-refractivity contribution in [3.8, 4) is 0 Å². The molecular formula is C20H30N2O2. The lowest BCUT2D eigenvalue weighted by Gasteiger charge is -2.46. The Morgan fingerprint density at radius 2 is 1.92 bits per heavy atom. The second kappa shape index (κ2) is 7.24. The van der Waals surface area contributed by atoms with Gasteiger partial charge in [-0.3, -0.25) is 9.69 Å². The number of hydrogen-bond acceptors (Lipinski definition) is 3. The number of carbonyl (C=O) groups is 1. The zero-order valence-corrected chi connectivity index (χ0v) is 15.3. The number of nitrogens with zero attached hydrogens (tertiary/aromatic N) is 2. The van der Waals surface area contributed by atoms with Gasteiger partial charge in [-0.1, -0.05) is 18.2 Å². The van der Waals surface area contributed by atoms with E-state index in [0.717, 1.165) is 52.2 Å². The summed E-state index contributed by atoms with van der Waals surface area (Å²) in [5.41, 5.74) is 3.98. The van der Waals surface area contributed by atoms with E-state index in [-0.39, 0.29) is 5.54 Å². The molecule has 0 aromatic heterocycles. The van der Waals surface area contributed by atoms with E-state index in [1.54, 1.807) is 0 Å². The molecule has 0 unspecified atom stereocenters. The lowest BCUT2D eigenvalue weighted by Crippen LogP contribution is -2.58. The van der Waals surface area contributed by atoms with Crippen LogP contribution in [-0.4, -0.2) is 54.1 Å². The quantitative estimate of drug-likeness (QED) is 0.854. The number of ether oxygens (including phenoxy) is 1. The van der Waals surface area contributed by atoms with Crippen LogP contribution in [0, 0.1) is 13.8 Å². The molecule has 2 heterocycles. The molecule has 0 radical (unpaired) electrons. The molecule has 4 heteroatoms. The highest BCUT2D eigenvalue weighted by molar-refractivity contribution is 5.77. The molecule has 0 N–H and O–H groups in total. The smallest absolute Gasteiger partial charge is 0.224 e. The third-order valence-corrected chi connectivity index (χ3v) is 5.75. The van der Waals surface area contributed by atoms with Crippen LogP contribution in [0.5, 0.6) is 0 Å². The van der Waals surface area contributed by atoms with E-state index in [9.17, 15) is 4.79 Å². The normalized spacial score (nSPS) is 22.0. The lowest BCUT2D eigenvalue weighted by molar-refractivity contribution is -0.140. The molecular weight excluding hydrogens is 300 g/mol. The highest BCUT2D eigenvalue weighted by atomic mass is 16.5. The largest absolute Gasteiger partial charge is 0.381 e. The molecule has 2 fully saturated rings. The second-order valence-electron chi connectivity index (χ2n) is 7.35. The molecule has 1 aromatic rings. The molecule has 1 aromatic carbocycles. The second-order valence-corrected chi connectivity index (χ2v) is 7.35. The van der Waals surface area contributed by atoms with E-state index in [0.29, 0.717) is 12.3 Å². The number of rotatable bonds is 3. The topological polar surface area (TPSA) is 32.8 Å². The summed E-state index contributed by atoms with van der Waals surface area (Å²) >= 11 is 0. The Hall–Kier alpha value is -1.39. The van der Waals surface area contributed by atoms with Gasteiger partial charge in [0.2, 0.25) is 5.91 Å². The van der Waals surface area contributed by atoms with Gasteiger partial charge in [0.05, 0.1) is 5.54 Å². The third kappa shape index (κ3) is 3.50. The van der Waals surface area contributed by atoms with Crippen molar-refractivity contribution in [1.82, 2.24) is 9.80 Å². The first kappa shape index (κ1) is 17.4. The highest BCUT2D eigenvalue weighted by Gasteiger charge is 2.43. The Balaban J connectivity index is 1.81. The van der Waals surface area contributed by atoms with Gasteiger partial charge in [0.25, 0.3) is 0 Å². The summed E-state index contributed by atoms with van der Waals surface area (Å²) in [5.74, 6) is 0.307. The SMILES string of the molecule is CCN1C(=O)CCN(Cc2ccc(C)c(C)c2)CC12CCOCC2. The van der Waals surface area contributed by atoms with Crippen LogP contribution in [0.25, 0.3) is 0 Å². The molecule has 2 aliphatic heterocycles. The summed E-state index contributed by atoms with van der Waals surface area (Å²) in [5, 5.41) is 0. The van der Waals surface area contributed by atoms with Crippen LogP contribution >= 0.6 is 0 Å². The van der Waals surface area contributed by atoms with Crippen LogP contribution < -0.4 is 0 Å². The molecule has 0 saturated carbocycles. The van der Waals surface area contributed by atoms with E-state index in [2.05, 4.69) is 48.8 Å². The van der Waals surface area contributed by atoms with Gasteiger partial charge in [0, 0.05) is 45.8 Å². The summed E-state index contributed by atoms with van der Waals surface area (Å²) in [6, 6.07) is 6.72. The van der Waals surface area contributed by atoms with Crippen molar-refractivity contribution in [1.29, 1.82) is 0 Å². The van der Waals surface area contributed by atoms with Gasteiger partial charge in [-0.15, -0.1) is 0 Å². The van der Waals surface area contributed by atoms with Gasteiger partial charge in [-0.25, -0.2) is 0 Å². The van der Waals surface area contributed by atoms with Gasteiger partial charge in [-0.05, 0) is 50.3 Å². The van der Waals surface area contributed by atoms with Crippen LogP contribution in [0.3, 0.4) is 0 Å². The van der Waals surface area contributed by atoms with E-state index < -0.39 is 0 Å². The number of aryl methyl sites for hydroxylation is 2. The minimum Gasteiger partial charge on any atom is -0.381 e. The van der Waals surface area contributed by atoms with Crippen molar-refractivity contribution in [2.24, 2.45) is 0 Å². The van der Waals surface area contributed by atoms with E-state index in [1.807, 2.05) is 0 Å². The summed E-state index contributed by atoms with van der Waals surface area (Å²) in [6.07, 6.45) is 2.54. The Morgan fingerprint density at radius 3 is 2.58 bits per heavy atom. The van der Waals surface area contributed by atoms with Gasteiger partial charge < -0.3 is 9.64 Å². The average molecular weight is 330 g/mol. The molecule has 0 aliphatic carbocycles. The van der Waals surface area contributed by atoms with Crippen molar-refractivity contribution in [2.45, 2.75) is 52.1 Å². The Kier molecular flexibility index (Phi) is 5.26. The predicted molar refractivity (Wildman–Crippen MR) is 96.0 cm³/mol. The maximum absolute atomic E-state index is 12.7.